The third kappa shape index (κ3) is 4.15. The fourth-order valence-electron chi connectivity index (χ4n) is 3.36. The summed E-state index contributed by atoms with van der Waals surface area (Å²) in [7, 11) is 0. The summed E-state index contributed by atoms with van der Waals surface area (Å²) in [6.07, 6.45) is 6.98. The van der Waals surface area contributed by atoms with Crippen molar-refractivity contribution in [2.75, 3.05) is 19.6 Å². The molecule has 0 bridgehead atoms. The largest absolute Gasteiger partial charge is 0.314 e. The van der Waals surface area contributed by atoms with Gasteiger partial charge in [-0.05, 0) is 50.3 Å². The number of hydrogen-bond acceptors (Lipinski definition) is 4. The van der Waals surface area contributed by atoms with E-state index in [9.17, 15) is 4.79 Å². The third-order valence-electron chi connectivity index (χ3n) is 4.99. The van der Waals surface area contributed by atoms with Crippen molar-refractivity contribution in [3.63, 3.8) is 0 Å². The predicted molar refractivity (Wildman–Crippen MR) is 97.7 cm³/mol. The molecule has 0 spiro atoms. The molecule has 0 unspecified atom stereocenters. The van der Waals surface area contributed by atoms with Crippen LogP contribution in [0.1, 0.15) is 31.4 Å². The Kier molecular flexibility index (Phi) is 5.54. The molecule has 1 saturated heterocycles. The van der Waals surface area contributed by atoms with Crippen LogP contribution in [0.2, 0.25) is 0 Å². The number of hydrogen-bond donors (Lipinski definition) is 1. The lowest BCUT2D eigenvalue weighted by Gasteiger charge is -2.32. The summed E-state index contributed by atoms with van der Waals surface area (Å²) in [6, 6.07) is 8.00. The molecule has 0 amide bonds. The molecule has 2 aromatic rings. The number of likely N-dealkylation sites (tertiary alicyclic amines) is 1. The van der Waals surface area contributed by atoms with Gasteiger partial charge in [0.2, 0.25) is 0 Å². The summed E-state index contributed by atoms with van der Waals surface area (Å²) >= 11 is 0. The van der Waals surface area contributed by atoms with Gasteiger partial charge in [-0.15, -0.1) is 12.4 Å². The maximum atomic E-state index is 12.1. The van der Waals surface area contributed by atoms with E-state index in [1.54, 1.807) is 16.7 Å². The molecule has 2 aromatic heterocycles. The SMILES string of the molecule is Cl.O=c1cc(CN2CCC(NCC3CC3)CC2)nc2ccccn12. The molecular formula is C18H25ClN4O. The Morgan fingerprint density at radius 3 is 2.71 bits per heavy atom. The molecule has 130 valence electrons. The first-order valence-electron chi connectivity index (χ1n) is 8.71. The Morgan fingerprint density at radius 2 is 1.96 bits per heavy atom. The highest BCUT2D eigenvalue weighted by Gasteiger charge is 2.24. The monoisotopic (exact) mass is 348 g/mol. The fourth-order valence-corrected chi connectivity index (χ4v) is 3.36. The van der Waals surface area contributed by atoms with Gasteiger partial charge in [-0.2, -0.15) is 0 Å². The summed E-state index contributed by atoms with van der Waals surface area (Å²) in [5.74, 6) is 0.947. The number of halogens is 1. The van der Waals surface area contributed by atoms with Gasteiger partial charge in [0.1, 0.15) is 5.65 Å². The van der Waals surface area contributed by atoms with Gasteiger partial charge in [-0.3, -0.25) is 14.1 Å². The number of nitrogens with one attached hydrogen (secondary N) is 1. The molecule has 1 aliphatic heterocycles. The van der Waals surface area contributed by atoms with Crippen LogP contribution >= 0.6 is 12.4 Å². The highest BCUT2D eigenvalue weighted by Crippen LogP contribution is 2.28. The first-order chi connectivity index (χ1) is 11.3. The molecule has 6 heteroatoms. The number of nitrogens with zero attached hydrogens (tertiary/aromatic N) is 3. The molecule has 0 radical (unpaired) electrons. The zero-order chi connectivity index (χ0) is 15.6. The number of piperidine rings is 1. The highest BCUT2D eigenvalue weighted by molar-refractivity contribution is 5.85. The van der Waals surface area contributed by atoms with Gasteiger partial charge in [0.25, 0.3) is 5.56 Å². The zero-order valence-corrected chi connectivity index (χ0v) is 14.7. The smallest absolute Gasteiger partial charge is 0.258 e. The molecule has 4 rings (SSSR count). The van der Waals surface area contributed by atoms with Gasteiger partial charge >= 0.3 is 0 Å². The highest BCUT2D eigenvalue weighted by atomic mass is 35.5. The van der Waals surface area contributed by atoms with Crippen LogP contribution in [-0.2, 0) is 6.54 Å². The first kappa shape index (κ1) is 17.4. The number of pyridine rings is 1. The quantitative estimate of drug-likeness (QED) is 0.898. The molecule has 3 heterocycles. The van der Waals surface area contributed by atoms with Crippen LogP contribution in [0.5, 0.6) is 0 Å². The topological polar surface area (TPSA) is 49.6 Å². The summed E-state index contributed by atoms with van der Waals surface area (Å²) in [5.41, 5.74) is 1.62. The van der Waals surface area contributed by atoms with E-state index in [1.165, 1.54) is 32.2 Å². The van der Waals surface area contributed by atoms with Crippen LogP contribution in [0.4, 0.5) is 0 Å². The molecule has 1 aliphatic carbocycles. The van der Waals surface area contributed by atoms with Gasteiger partial charge < -0.3 is 5.32 Å². The number of aromatic nitrogens is 2. The number of fused-ring (bicyclic) bond motifs is 1. The maximum absolute atomic E-state index is 12.1. The van der Waals surface area contributed by atoms with Gasteiger partial charge in [0.15, 0.2) is 0 Å². The van der Waals surface area contributed by atoms with E-state index in [1.807, 2.05) is 18.2 Å². The van der Waals surface area contributed by atoms with Crippen molar-refractivity contribution in [1.29, 1.82) is 0 Å². The molecule has 1 N–H and O–H groups in total. The fraction of sp³-hybridized carbons (Fsp3) is 0.556. The van der Waals surface area contributed by atoms with Crippen molar-refractivity contribution in [1.82, 2.24) is 19.6 Å². The van der Waals surface area contributed by atoms with E-state index in [4.69, 9.17) is 0 Å². The lowest BCUT2D eigenvalue weighted by Crippen LogP contribution is -2.42. The van der Waals surface area contributed by atoms with Crippen molar-refractivity contribution in [2.24, 2.45) is 5.92 Å². The Hall–Kier alpha value is -1.43. The van der Waals surface area contributed by atoms with E-state index in [2.05, 4.69) is 15.2 Å². The lowest BCUT2D eigenvalue weighted by molar-refractivity contribution is 0.188. The van der Waals surface area contributed by atoms with Crippen LogP contribution in [-0.4, -0.2) is 40.0 Å². The number of rotatable bonds is 5. The van der Waals surface area contributed by atoms with Crippen molar-refractivity contribution >= 4 is 18.1 Å². The van der Waals surface area contributed by atoms with E-state index >= 15 is 0 Å². The van der Waals surface area contributed by atoms with Crippen molar-refractivity contribution in [3.8, 4) is 0 Å². The van der Waals surface area contributed by atoms with Gasteiger partial charge in [0, 0.05) is 37.9 Å². The molecule has 2 aliphatic rings. The Bertz CT molecular complexity index is 735. The molecule has 0 atom stereocenters. The predicted octanol–water partition coefficient (Wildman–Crippen LogP) is 2.08. The molecule has 0 aromatic carbocycles. The first-order valence-corrected chi connectivity index (χ1v) is 8.71. The summed E-state index contributed by atoms with van der Waals surface area (Å²) < 4.78 is 1.59. The van der Waals surface area contributed by atoms with Crippen LogP contribution in [0.3, 0.4) is 0 Å². The molecule has 24 heavy (non-hydrogen) atoms. The van der Waals surface area contributed by atoms with Crippen molar-refractivity contribution < 1.29 is 0 Å². The van der Waals surface area contributed by atoms with E-state index < -0.39 is 0 Å². The van der Waals surface area contributed by atoms with E-state index in [-0.39, 0.29) is 18.0 Å². The average Bonchev–Trinajstić information content (AvgIpc) is 3.39. The minimum Gasteiger partial charge on any atom is -0.314 e. The molecule has 2 fully saturated rings. The standard InChI is InChI=1S/C18H24N4O.ClH/c23-18-11-16(20-17-3-1-2-8-22(17)18)13-21-9-6-15(7-10-21)19-12-14-4-5-14;/h1-3,8,11,14-15,19H,4-7,9-10,12-13H2;1H. The Morgan fingerprint density at radius 1 is 1.17 bits per heavy atom. The Balaban J connectivity index is 0.00000169. The second-order valence-electron chi connectivity index (χ2n) is 6.92. The van der Waals surface area contributed by atoms with Crippen molar-refractivity contribution in [3.05, 3.63) is 46.5 Å². The molecular weight excluding hydrogens is 324 g/mol. The summed E-state index contributed by atoms with van der Waals surface area (Å²) in [6.45, 7) is 4.14. The van der Waals surface area contributed by atoms with Crippen LogP contribution in [0.25, 0.3) is 5.65 Å². The minimum absolute atomic E-state index is 0. The molecule has 1 saturated carbocycles. The maximum Gasteiger partial charge on any atom is 0.258 e. The normalized spacial score (nSPS) is 19.3. The van der Waals surface area contributed by atoms with E-state index in [0.29, 0.717) is 6.04 Å². The van der Waals surface area contributed by atoms with Crippen LogP contribution in [0, 0.1) is 5.92 Å². The van der Waals surface area contributed by atoms with E-state index in [0.717, 1.165) is 36.9 Å². The average molecular weight is 349 g/mol. The lowest BCUT2D eigenvalue weighted by atomic mass is 10.0. The summed E-state index contributed by atoms with van der Waals surface area (Å²) in [4.78, 5) is 19.2. The second-order valence-corrected chi connectivity index (χ2v) is 6.92. The summed E-state index contributed by atoms with van der Waals surface area (Å²) in [5, 5.41) is 3.71. The second kappa shape index (κ2) is 7.64. The minimum atomic E-state index is 0. The Labute approximate surface area is 148 Å². The van der Waals surface area contributed by atoms with Crippen LogP contribution < -0.4 is 10.9 Å². The zero-order valence-electron chi connectivity index (χ0n) is 13.9. The van der Waals surface area contributed by atoms with Gasteiger partial charge in [-0.25, -0.2) is 4.98 Å². The van der Waals surface area contributed by atoms with Crippen LogP contribution in [0.15, 0.2) is 35.3 Å². The molecule has 5 nitrogen and oxygen atoms in total. The van der Waals surface area contributed by atoms with Gasteiger partial charge in [-0.1, -0.05) is 6.07 Å². The van der Waals surface area contributed by atoms with Gasteiger partial charge in [0.05, 0.1) is 5.69 Å². The third-order valence-corrected chi connectivity index (χ3v) is 4.99. The van der Waals surface area contributed by atoms with Crippen molar-refractivity contribution in [2.45, 2.75) is 38.3 Å².